The molecule has 1 unspecified atom stereocenters. The zero-order valence-electron chi connectivity index (χ0n) is 12.7. The fourth-order valence-electron chi connectivity index (χ4n) is 2.51. The number of hydrogen-bond donors (Lipinski definition) is 1. The first kappa shape index (κ1) is 16.2. The molecular weight excluding hydrogens is 334 g/mol. The van der Waals surface area contributed by atoms with Gasteiger partial charge in [0.25, 0.3) is 4.84 Å². The van der Waals surface area contributed by atoms with Crippen molar-refractivity contribution in [1.29, 1.82) is 0 Å². The molecule has 6 nitrogen and oxygen atoms in total. The van der Waals surface area contributed by atoms with Crippen molar-refractivity contribution in [2.45, 2.75) is 11.9 Å². The van der Waals surface area contributed by atoms with Crippen molar-refractivity contribution in [2.24, 2.45) is 0 Å². The van der Waals surface area contributed by atoms with Gasteiger partial charge < -0.3 is 14.1 Å². The Kier molecular flexibility index (Phi) is 5.14. The van der Waals surface area contributed by atoms with Gasteiger partial charge >= 0.3 is 5.97 Å². The fourth-order valence-corrected chi connectivity index (χ4v) is 3.97. The SMILES string of the molecule is COC(=O)[C@@H]1C[NH+](Cn2nc(-c3ccccc3)oc2=S)CCS1. The minimum absolute atomic E-state index is 0.126. The van der Waals surface area contributed by atoms with Crippen LogP contribution in [0.5, 0.6) is 0 Å². The number of thioether (sulfide) groups is 1. The Balaban J connectivity index is 1.72. The van der Waals surface area contributed by atoms with Gasteiger partial charge in [-0.3, -0.25) is 4.79 Å². The van der Waals surface area contributed by atoms with Gasteiger partial charge in [0, 0.05) is 11.3 Å². The normalized spacial score (nSPS) is 21.1. The van der Waals surface area contributed by atoms with E-state index in [0.717, 1.165) is 17.9 Å². The average molecular weight is 352 g/mol. The molecule has 23 heavy (non-hydrogen) atoms. The van der Waals surface area contributed by atoms with Gasteiger partial charge in [0.1, 0.15) is 6.54 Å². The molecule has 1 aromatic carbocycles. The number of hydrogen-bond acceptors (Lipinski definition) is 6. The summed E-state index contributed by atoms with van der Waals surface area (Å²) in [6, 6.07) is 9.67. The number of ether oxygens (including phenoxy) is 1. The molecule has 1 N–H and O–H groups in total. The van der Waals surface area contributed by atoms with Gasteiger partial charge in [-0.25, -0.2) is 0 Å². The van der Waals surface area contributed by atoms with E-state index in [1.54, 1.807) is 16.4 Å². The number of nitrogens with zero attached hydrogens (tertiary/aromatic N) is 2. The molecule has 8 heteroatoms. The average Bonchev–Trinajstić information content (AvgIpc) is 2.96. The molecule has 1 aromatic heterocycles. The first-order chi connectivity index (χ1) is 11.2. The van der Waals surface area contributed by atoms with E-state index < -0.39 is 0 Å². The summed E-state index contributed by atoms with van der Waals surface area (Å²) < 4.78 is 12.1. The van der Waals surface area contributed by atoms with Crippen molar-refractivity contribution in [3.05, 3.63) is 35.2 Å². The van der Waals surface area contributed by atoms with Crippen LogP contribution in [0.25, 0.3) is 11.5 Å². The largest absolute Gasteiger partial charge is 0.468 e. The Hall–Kier alpha value is -1.64. The topological polar surface area (TPSA) is 61.7 Å². The van der Waals surface area contributed by atoms with E-state index in [1.807, 2.05) is 30.3 Å². The summed E-state index contributed by atoms with van der Waals surface area (Å²) in [5.74, 6) is 1.26. The van der Waals surface area contributed by atoms with Crippen LogP contribution in [0.2, 0.25) is 0 Å². The third-order valence-corrected chi connectivity index (χ3v) is 5.21. The minimum Gasteiger partial charge on any atom is -0.468 e. The Morgan fingerprint density at radius 2 is 2.30 bits per heavy atom. The molecule has 1 aliphatic heterocycles. The maximum Gasteiger partial charge on any atom is 0.324 e. The molecule has 122 valence electrons. The van der Waals surface area contributed by atoms with E-state index in [4.69, 9.17) is 21.4 Å². The molecule has 1 aliphatic rings. The second kappa shape index (κ2) is 7.29. The van der Waals surface area contributed by atoms with Crippen LogP contribution in [0.1, 0.15) is 0 Å². The van der Waals surface area contributed by atoms with Crippen LogP contribution in [0, 0.1) is 4.84 Å². The predicted molar refractivity (Wildman–Crippen MR) is 89.7 cm³/mol. The number of nitrogens with one attached hydrogen (secondary N) is 1. The lowest BCUT2D eigenvalue weighted by atomic mass is 10.2. The molecule has 2 atom stereocenters. The number of carbonyl (C=O) groups excluding carboxylic acids is 1. The van der Waals surface area contributed by atoms with Gasteiger partial charge in [0.15, 0.2) is 11.9 Å². The highest BCUT2D eigenvalue weighted by Gasteiger charge is 2.30. The number of benzene rings is 1. The van der Waals surface area contributed by atoms with E-state index in [-0.39, 0.29) is 11.2 Å². The van der Waals surface area contributed by atoms with Crippen molar-refractivity contribution >= 4 is 29.9 Å². The second-order valence-corrected chi connectivity index (χ2v) is 6.94. The van der Waals surface area contributed by atoms with E-state index >= 15 is 0 Å². The lowest BCUT2D eigenvalue weighted by molar-refractivity contribution is -0.921. The van der Waals surface area contributed by atoms with Gasteiger partial charge in [-0.15, -0.1) is 16.9 Å². The maximum atomic E-state index is 11.7. The standard InChI is InChI=1S/C15H17N3O3S2/c1-20-14(19)12-9-17(7-8-23-12)10-18-15(22)21-13(16-18)11-5-3-2-4-6-11/h2-6,12H,7-10H2,1H3/p+1/t12-/m0/s1. The molecule has 0 bridgehead atoms. The zero-order chi connectivity index (χ0) is 16.2. The van der Waals surface area contributed by atoms with Crippen LogP contribution in [0.15, 0.2) is 34.7 Å². The van der Waals surface area contributed by atoms with Gasteiger partial charge in [-0.1, -0.05) is 18.2 Å². The summed E-state index contributed by atoms with van der Waals surface area (Å²) in [4.78, 5) is 13.3. The Morgan fingerprint density at radius 1 is 1.52 bits per heavy atom. The molecule has 0 spiro atoms. The number of esters is 1. The molecule has 1 fully saturated rings. The Labute approximate surface area is 143 Å². The molecule has 1 saturated heterocycles. The lowest BCUT2D eigenvalue weighted by Gasteiger charge is -2.27. The zero-order valence-corrected chi connectivity index (χ0v) is 14.4. The van der Waals surface area contributed by atoms with Gasteiger partial charge in [0.05, 0.1) is 13.7 Å². The third kappa shape index (κ3) is 3.82. The summed E-state index contributed by atoms with van der Waals surface area (Å²) in [5, 5.41) is 4.34. The molecule has 2 heterocycles. The summed E-state index contributed by atoms with van der Waals surface area (Å²) >= 11 is 6.91. The number of carbonyl (C=O) groups is 1. The molecule has 0 amide bonds. The summed E-state index contributed by atoms with van der Waals surface area (Å²) in [6.45, 7) is 2.24. The van der Waals surface area contributed by atoms with Gasteiger partial charge in [0.2, 0.25) is 5.89 Å². The number of aromatic nitrogens is 2. The third-order valence-electron chi connectivity index (χ3n) is 3.71. The highest BCUT2D eigenvalue weighted by molar-refractivity contribution is 8.00. The van der Waals surface area contributed by atoms with E-state index in [9.17, 15) is 4.79 Å². The molecule has 0 saturated carbocycles. The lowest BCUT2D eigenvalue weighted by Crippen LogP contribution is -3.14. The van der Waals surface area contributed by atoms with E-state index in [2.05, 4.69) is 5.10 Å². The highest BCUT2D eigenvalue weighted by atomic mass is 32.2. The van der Waals surface area contributed by atoms with Crippen LogP contribution < -0.4 is 4.90 Å². The van der Waals surface area contributed by atoms with Crippen LogP contribution in [-0.2, 0) is 16.2 Å². The van der Waals surface area contributed by atoms with Crippen LogP contribution >= 0.6 is 24.0 Å². The maximum absolute atomic E-state index is 11.7. The van der Waals surface area contributed by atoms with Crippen LogP contribution in [0.3, 0.4) is 0 Å². The molecule has 3 rings (SSSR count). The van der Waals surface area contributed by atoms with Crippen molar-refractivity contribution in [3.63, 3.8) is 0 Å². The fraction of sp³-hybridized carbons (Fsp3) is 0.400. The quantitative estimate of drug-likeness (QED) is 0.654. The monoisotopic (exact) mass is 352 g/mol. The van der Waals surface area contributed by atoms with Crippen molar-refractivity contribution < 1.29 is 18.8 Å². The smallest absolute Gasteiger partial charge is 0.324 e. The summed E-state index contributed by atoms with van der Waals surface area (Å²) in [5.41, 5.74) is 0.897. The highest BCUT2D eigenvalue weighted by Crippen LogP contribution is 2.17. The first-order valence-corrected chi connectivity index (χ1v) is 8.79. The van der Waals surface area contributed by atoms with Crippen molar-refractivity contribution in [2.75, 3.05) is 26.0 Å². The van der Waals surface area contributed by atoms with Gasteiger partial charge in [-0.2, -0.15) is 4.68 Å². The number of rotatable bonds is 4. The minimum atomic E-state index is -0.166. The molecule has 0 radical (unpaired) electrons. The van der Waals surface area contributed by atoms with E-state index in [1.165, 1.54) is 12.0 Å². The molecule has 2 aromatic rings. The molecular formula is C15H18N3O3S2+. The number of quaternary nitrogens is 1. The summed E-state index contributed by atoms with van der Waals surface area (Å²) in [7, 11) is 1.43. The van der Waals surface area contributed by atoms with Crippen LogP contribution in [0.4, 0.5) is 0 Å². The van der Waals surface area contributed by atoms with Crippen LogP contribution in [-0.4, -0.2) is 47.0 Å². The number of methoxy groups -OCH3 is 1. The van der Waals surface area contributed by atoms with E-state index in [0.29, 0.717) is 23.9 Å². The Morgan fingerprint density at radius 3 is 3.04 bits per heavy atom. The predicted octanol–water partition coefficient (Wildman–Crippen LogP) is 1.00. The second-order valence-electron chi connectivity index (χ2n) is 5.28. The van der Waals surface area contributed by atoms with Gasteiger partial charge in [-0.05, 0) is 24.4 Å². The van der Waals surface area contributed by atoms with Crippen molar-refractivity contribution in [1.82, 2.24) is 9.78 Å². The summed E-state index contributed by atoms with van der Waals surface area (Å²) in [6.07, 6.45) is 0. The van der Waals surface area contributed by atoms with Crippen molar-refractivity contribution in [3.8, 4) is 11.5 Å². The first-order valence-electron chi connectivity index (χ1n) is 7.33. The molecule has 0 aliphatic carbocycles. The Bertz CT molecular complexity index is 729.